The number of hydrogen-bond acceptors (Lipinski definition) is 6. The summed E-state index contributed by atoms with van der Waals surface area (Å²) in [5.41, 5.74) is 0.686. The van der Waals surface area contributed by atoms with Gasteiger partial charge in [0, 0.05) is 18.2 Å². The predicted molar refractivity (Wildman–Crippen MR) is 89.4 cm³/mol. The van der Waals surface area contributed by atoms with Crippen LogP contribution in [0.4, 0.5) is 4.39 Å². The Kier molecular flexibility index (Phi) is 5.37. The van der Waals surface area contributed by atoms with Gasteiger partial charge in [0.2, 0.25) is 5.82 Å². The number of tetrazole rings is 1. The van der Waals surface area contributed by atoms with Gasteiger partial charge in [0.05, 0.1) is 11.6 Å². The van der Waals surface area contributed by atoms with Crippen molar-refractivity contribution in [2.45, 2.75) is 19.4 Å². The Morgan fingerprint density at radius 1 is 1.31 bits per heavy atom. The summed E-state index contributed by atoms with van der Waals surface area (Å²) in [4.78, 5) is 15.6. The average Bonchev–Trinajstić information content (AvgIpc) is 3.06. The van der Waals surface area contributed by atoms with Gasteiger partial charge in [-0.2, -0.15) is 4.80 Å². The van der Waals surface area contributed by atoms with Crippen LogP contribution in [0.15, 0.2) is 36.5 Å². The standard InChI is InChI=1S/C16H13ClFN5O3/c17-11-8-13(18)16(19-9-11)26-12-5-3-10(4-6-12)15-20-22-23(21-15)7-1-2-14(24)25/h3-6,8-9H,1-2,7H2,(H,24,25). The normalized spacial score (nSPS) is 10.7. The van der Waals surface area contributed by atoms with Crippen LogP contribution in [0.3, 0.4) is 0 Å². The number of benzene rings is 1. The minimum Gasteiger partial charge on any atom is -0.481 e. The van der Waals surface area contributed by atoms with Gasteiger partial charge in [0.15, 0.2) is 5.82 Å². The minimum atomic E-state index is -0.868. The van der Waals surface area contributed by atoms with Crippen molar-refractivity contribution in [3.63, 3.8) is 0 Å². The first-order chi connectivity index (χ1) is 12.5. The summed E-state index contributed by atoms with van der Waals surface area (Å²) in [5.74, 6) is -0.927. The zero-order valence-corrected chi connectivity index (χ0v) is 14.1. The second kappa shape index (κ2) is 7.87. The molecule has 0 amide bonds. The third kappa shape index (κ3) is 4.51. The number of hydrogen-bond donors (Lipinski definition) is 1. The van der Waals surface area contributed by atoms with Crippen LogP contribution >= 0.6 is 11.6 Å². The Morgan fingerprint density at radius 2 is 2.08 bits per heavy atom. The summed E-state index contributed by atoms with van der Waals surface area (Å²) in [6, 6.07) is 7.75. The zero-order valence-electron chi connectivity index (χ0n) is 13.3. The number of aromatic nitrogens is 5. The van der Waals surface area contributed by atoms with Gasteiger partial charge in [-0.25, -0.2) is 9.37 Å². The number of carboxylic acids is 1. The number of aliphatic carboxylic acids is 1. The number of aryl methyl sites for hydroxylation is 1. The highest BCUT2D eigenvalue weighted by Gasteiger charge is 2.10. The molecule has 0 unspecified atom stereocenters. The van der Waals surface area contributed by atoms with E-state index in [4.69, 9.17) is 21.4 Å². The number of pyridine rings is 1. The van der Waals surface area contributed by atoms with Gasteiger partial charge in [-0.05, 0) is 42.0 Å². The lowest BCUT2D eigenvalue weighted by Crippen LogP contribution is -2.05. The first-order valence-electron chi connectivity index (χ1n) is 7.60. The molecule has 8 nitrogen and oxygen atoms in total. The van der Waals surface area contributed by atoms with Crippen LogP contribution in [0, 0.1) is 5.82 Å². The van der Waals surface area contributed by atoms with Gasteiger partial charge in [-0.3, -0.25) is 4.79 Å². The average molecular weight is 378 g/mol. The van der Waals surface area contributed by atoms with Crippen LogP contribution in [0.25, 0.3) is 11.4 Å². The van der Waals surface area contributed by atoms with E-state index < -0.39 is 11.8 Å². The van der Waals surface area contributed by atoms with E-state index in [1.54, 1.807) is 24.3 Å². The maximum Gasteiger partial charge on any atom is 0.303 e. The first kappa shape index (κ1) is 17.7. The number of rotatable bonds is 7. The van der Waals surface area contributed by atoms with Crippen LogP contribution < -0.4 is 4.74 Å². The van der Waals surface area contributed by atoms with Crippen molar-refractivity contribution in [3.05, 3.63) is 47.4 Å². The molecule has 0 aliphatic carbocycles. The smallest absolute Gasteiger partial charge is 0.303 e. The van der Waals surface area contributed by atoms with Crippen molar-refractivity contribution < 1.29 is 19.0 Å². The minimum absolute atomic E-state index is 0.0399. The lowest BCUT2D eigenvalue weighted by molar-refractivity contribution is -0.137. The molecular formula is C16H13ClFN5O3. The summed E-state index contributed by atoms with van der Waals surface area (Å²) in [6.07, 6.45) is 1.75. The Bertz CT molecular complexity index is 917. The fourth-order valence-electron chi connectivity index (χ4n) is 2.09. The molecule has 0 bridgehead atoms. The molecule has 26 heavy (non-hydrogen) atoms. The van der Waals surface area contributed by atoms with E-state index in [9.17, 15) is 9.18 Å². The third-order valence-corrected chi connectivity index (χ3v) is 3.51. The summed E-state index contributed by atoms with van der Waals surface area (Å²) in [7, 11) is 0. The van der Waals surface area contributed by atoms with Crippen LogP contribution in [-0.2, 0) is 11.3 Å². The van der Waals surface area contributed by atoms with Crippen molar-refractivity contribution in [1.82, 2.24) is 25.2 Å². The molecule has 3 rings (SSSR count). The van der Waals surface area contributed by atoms with Crippen LogP contribution in [0.5, 0.6) is 11.6 Å². The van der Waals surface area contributed by atoms with Crippen molar-refractivity contribution in [2.24, 2.45) is 0 Å². The van der Waals surface area contributed by atoms with Crippen molar-refractivity contribution in [2.75, 3.05) is 0 Å². The number of nitrogens with zero attached hydrogens (tertiary/aromatic N) is 5. The van der Waals surface area contributed by atoms with E-state index in [2.05, 4.69) is 20.4 Å². The Hall–Kier alpha value is -3.07. The number of carboxylic acid groups (broad SMARTS) is 1. The molecule has 0 aliphatic heterocycles. The molecule has 0 spiro atoms. The monoisotopic (exact) mass is 377 g/mol. The molecular weight excluding hydrogens is 365 g/mol. The van der Waals surface area contributed by atoms with Crippen LogP contribution in [-0.4, -0.2) is 36.3 Å². The fraction of sp³-hybridized carbons (Fsp3) is 0.188. The molecule has 3 aromatic rings. The van der Waals surface area contributed by atoms with Gasteiger partial charge in [0.1, 0.15) is 5.75 Å². The lowest BCUT2D eigenvalue weighted by Gasteiger charge is -2.06. The van der Waals surface area contributed by atoms with Gasteiger partial charge < -0.3 is 9.84 Å². The molecule has 0 fully saturated rings. The molecule has 0 aliphatic rings. The Morgan fingerprint density at radius 3 is 2.77 bits per heavy atom. The summed E-state index contributed by atoms with van der Waals surface area (Å²) >= 11 is 5.65. The largest absolute Gasteiger partial charge is 0.481 e. The third-order valence-electron chi connectivity index (χ3n) is 3.30. The van der Waals surface area contributed by atoms with E-state index in [-0.39, 0.29) is 17.3 Å². The van der Waals surface area contributed by atoms with Crippen LogP contribution in [0.2, 0.25) is 5.02 Å². The molecule has 0 atom stereocenters. The Balaban J connectivity index is 1.66. The fourth-order valence-corrected chi connectivity index (χ4v) is 2.23. The van der Waals surface area contributed by atoms with Crippen LogP contribution in [0.1, 0.15) is 12.8 Å². The second-order valence-corrected chi connectivity index (χ2v) is 5.71. The molecule has 0 saturated carbocycles. The van der Waals surface area contributed by atoms with Gasteiger partial charge in [0.25, 0.3) is 5.88 Å². The van der Waals surface area contributed by atoms with E-state index in [1.165, 1.54) is 11.0 Å². The first-order valence-corrected chi connectivity index (χ1v) is 7.98. The second-order valence-electron chi connectivity index (χ2n) is 5.27. The van der Waals surface area contributed by atoms with E-state index in [0.717, 1.165) is 6.07 Å². The Labute approximate surface area is 152 Å². The predicted octanol–water partition coefficient (Wildman–Crippen LogP) is 3.18. The van der Waals surface area contributed by atoms with Gasteiger partial charge >= 0.3 is 5.97 Å². The van der Waals surface area contributed by atoms with Crippen molar-refractivity contribution >= 4 is 17.6 Å². The molecule has 10 heteroatoms. The highest BCUT2D eigenvalue weighted by molar-refractivity contribution is 6.30. The maximum absolute atomic E-state index is 13.7. The molecule has 1 aromatic carbocycles. The van der Waals surface area contributed by atoms with E-state index >= 15 is 0 Å². The van der Waals surface area contributed by atoms with E-state index in [0.29, 0.717) is 30.1 Å². The highest BCUT2D eigenvalue weighted by atomic mass is 35.5. The zero-order chi connectivity index (χ0) is 18.5. The maximum atomic E-state index is 13.7. The highest BCUT2D eigenvalue weighted by Crippen LogP contribution is 2.25. The number of ether oxygens (including phenoxy) is 1. The number of carbonyl (C=O) groups is 1. The molecule has 0 saturated heterocycles. The topological polar surface area (TPSA) is 103 Å². The molecule has 2 heterocycles. The van der Waals surface area contributed by atoms with Gasteiger partial charge in [-0.15, -0.1) is 10.2 Å². The summed E-state index contributed by atoms with van der Waals surface area (Å²) < 4.78 is 19.1. The summed E-state index contributed by atoms with van der Waals surface area (Å²) in [5, 5.41) is 20.8. The lowest BCUT2D eigenvalue weighted by atomic mass is 10.2. The van der Waals surface area contributed by atoms with Crippen molar-refractivity contribution in [1.29, 1.82) is 0 Å². The molecule has 134 valence electrons. The van der Waals surface area contributed by atoms with E-state index in [1.807, 2.05) is 0 Å². The quantitative estimate of drug-likeness (QED) is 0.674. The van der Waals surface area contributed by atoms with Crippen molar-refractivity contribution in [3.8, 4) is 23.0 Å². The SMILES string of the molecule is O=C(O)CCCn1nnc(-c2ccc(Oc3ncc(Cl)cc3F)cc2)n1. The molecule has 1 N–H and O–H groups in total. The van der Waals surface area contributed by atoms with Gasteiger partial charge in [-0.1, -0.05) is 11.6 Å². The molecule has 0 radical (unpaired) electrons. The molecule has 2 aromatic heterocycles. The number of halogens is 2. The summed E-state index contributed by atoms with van der Waals surface area (Å²) in [6.45, 7) is 0.363.